The molecule has 4 N–H and O–H groups in total. The van der Waals surface area contributed by atoms with Gasteiger partial charge in [-0.3, -0.25) is 0 Å². The van der Waals surface area contributed by atoms with Crippen LogP contribution in [0.5, 0.6) is 0 Å². The lowest BCUT2D eigenvalue weighted by Gasteiger charge is -2.36. The molecule has 2 unspecified atom stereocenters. The van der Waals surface area contributed by atoms with Gasteiger partial charge in [-0.25, -0.2) is 15.0 Å². The molecule has 7 heteroatoms. The quantitative estimate of drug-likeness (QED) is 0.320. The minimum Gasteiger partial charge on any atom is -0.383 e. The van der Waals surface area contributed by atoms with Gasteiger partial charge < -0.3 is 20.6 Å². The molecule has 0 radical (unpaired) electrons. The lowest BCUT2D eigenvalue weighted by atomic mass is 9.77. The number of nitrogens with zero attached hydrogens (tertiary/aromatic N) is 4. The van der Waals surface area contributed by atoms with Crippen LogP contribution in [-0.2, 0) is 11.8 Å². The van der Waals surface area contributed by atoms with Crippen LogP contribution >= 0.6 is 0 Å². The number of rotatable bonds is 7. The van der Waals surface area contributed by atoms with Crippen molar-refractivity contribution in [1.29, 1.82) is 0 Å². The average Bonchev–Trinajstić information content (AvgIpc) is 3.54. The third-order valence-corrected chi connectivity index (χ3v) is 8.56. The largest absolute Gasteiger partial charge is 0.383 e. The summed E-state index contributed by atoms with van der Waals surface area (Å²) in [6, 6.07) is 9.89. The number of nitrogens with one attached hydrogen (secondary N) is 2. The molecule has 0 bridgehead atoms. The van der Waals surface area contributed by atoms with Crippen LogP contribution in [0.25, 0.3) is 22.1 Å². The highest BCUT2D eigenvalue weighted by atomic mass is 15.1. The second-order valence-electron chi connectivity index (χ2n) is 12.2. The first-order valence-corrected chi connectivity index (χ1v) is 13.6. The van der Waals surface area contributed by atoms with Crippen molar-refractivity contribution in [1.82, 2.24) is 29.8 Å². The first-order valence-electron chi connectivity index (χ1n) is 13.6. The van der Waals surface area contributed by atoms with Crippen molar-refractivity contribution in [2.45, 2.75) is 83.2 Å². The second kappa shape index (κ2) is 9.18. The Balaban J connectivity index is 0.944. The van der Waals surface area contributed by atoms with Crippen molar-refractivity contribution < 1.29 is 0 Å². The highest BCUT2D eigenvalue weighted by molar-refractivity contribution is 5.86. The van der Waals surface area contributed by atoms with E-state index >= 15 is 0 Å². The van der Waals surface area contributed by atoms with Crippen LogP contribution in [0.2, 0.25) is 0 Å². The highest BCUT2D eigenvalue weighted by Gasteiger charge is 2.31. The number of benzene rings is 1. The van der Waals surface area contributed by atoms with E-state index in [4.69, 9.17) is 10.7 Å². The van der Waals surface area contributed by atoms with Crippen molar-refractivity contribution in [2.75, 3.05) is 12.3 Å². The van der Waals surface area contributed by atoms with Crippen LogP contribution in [0.4, 0.5) is 5.82 Å². The molecule has 2 fully saturated rings. The number of nitrogen functional groups attached to an aromatic ring is 1. The summed E-state index contributed by atoms with van der Waals surface area (Å²) in [4.78, 5) is 17.0. The zero-order valence-electron chi connectivity index (χ0n) is 21.8. The van der Waals surface area contributed by atoms with Gasteiger partial charge >= 0.3 is 0 Å². The van der Waals surface area contributed by atoms with Crippen molar-refractivity contribution in [3.63, 3.8) is 0 Å². The normalized spacial score (nSPS) is 24.5. The molecule has 2 atom stereocenters. The molecule has 6 rings (SSSR count). The van der Waals surface area contributed by atoms with E-state index in [1.807, 2.05) is 0 Å². The first-order chi connectivity index (χ1) is 17.3. The fourth-order valence-electron chi connectivity index (χ4n) is 6.23. The van der Waals surface area contributed by atoms with Gasteiger partial charge in [0.1, 0.15) is 23.6 Å². The van der Waals surface area contributed by atoms with Gasteiger partial charge in [0.25, 0.3) is 0 Å². The van der Waals surface area contributed by atoms with Crippen LogP contribution in [0.1, 0.15) is 76.7 Å². The summed E-state index contributed by atoms with van der Waals surface area (Å²) in [6.07, 6.45) is 12.3. The van der Waals surface area contributed by atoms with Crippen molar-refractivity contribution in [3.8, 4) is 0 Å². The summed E-state index contributed by atoms with van der Waals surface area (Å²) in [5, 5.41) is 4.83. The Bertz CT molecular complexity index is 1360. The fourth-order valence-corrected chi connectivity index (χ4v) is 6.23. The van der Waals surface area contributed by atoms with Crippen LogP contribution in [0, 0.1) is 11.8 Å². The summed E-state index contributed by atoms with van der Waals surface area (Å²) in [6.45, 7) is 7.90. The number of hydrogen-bond donors (Lipinski definition) is 3. The topological polar surface area (TPSA) is 97.4 Å². The van der Waals surface area contributed by atoms with Crippen LogP contribution in [0.3, 0.4) is 0 Å². The fraction of sp³-hybridized carbons (Fsp3) is 0.552. The Morgan fingerprint density at radius 2 is 1.94 bits per heavy atom. The highest BCUT2D eigenvalue weighted by Crippen LogP contribution is 2.38. The molecule has 3 aromatic heterocycles. The molecule has 0 spiro atoms. The molecule has 0 amide bonds. The Labute approximate surface area is 213 Å². The van der Waals surface area contributed by atoms with Gasteiger partial charge in [-0.2, -0.15) is 0 Å². The maximum absolute atomic E-state index is 6.02. The molecule has 3 heterocycles. The van der Waals surface area contributed by atoms with Gasteiger partial charge in [0.2, 0.25) is 0 Å². The molecule has 0 aliphatic heterocycles. The lowest BCUT2D eigenvalue weighted by Crippen LogP contribution is -2.43. The summed E-state index contributed by atoms with van der Waals surface area (Å²) >= 11 is 0. The number of aromatic amines is 1. The van der Waals surface area contributed by atoms with E-state index in [-0.39, 0.29) is 5.41 Å². The minimum atomic E-state index is 0.160. The van der Waals surface area contributed by atoms with Crippen molar-refractivity contribution in [3.05, 3.63) is 48.2 Å². The summed E-state index contributed by atoms with van der Waals surface area (Å²) < 4.78 is 2.31. The third kappa shape index (κ3) is 4.61. The molecule has 2 aliphatic rings. The SMILES string of the molecule is CC(C)(C)c1ccc2nc(CCC3CC(NCC4CCC(n5ccc6c(N)ncnc65)C4)C3)[nH]c2c1. The second-order valence-corrected chi connectivity index (χ2v) is 12.2. The van der Waals surface area contributed by atoms with Gasteiger partial charge in [-0.15, -0.1) is 0 Å². The molecule has 190 valence electrons. The molecule has 1 aromatic carbocycles. The molecule has 4 aromatic rings. The number of aromatic nitrogens is 5. The lowest BCUT2D eigenvalue weighted by molar-refractivity contribution is 0.202. The average molecular weight is 486 g/mol. The number of hydrogen-bond acceptors (Lipinski definition) is 5. The first kappa shape index (κ1) is 23.5. The van der Waals surface area contributed by atoms with Crippen LogP contribution in [0.15, 0.2) is 36.8 Å². The molecular formula is C29H39N7. The number of anilines is 1. The third-order valence-electron chi connectivity index (χ3n) is 8.56. The van der Waals surface area contributed by atoms with Gasteiger partial charge in [-0.1, -0.05) is 26.8 Å². The number of nitrogens with two attached hydrogens (primary N) is 1. The number of H-pyrrole nitrogens is 1. The molecule has 0 saturated heterocycles. The number of aryl methyl sites for hydroxylation is 1. The van der Waals surface area contributed by atoms with Crippen molar-refractivity contribution >= 4 is 27.9 Å². The predicted molar refractivity (Wildman–Crippen MR) is 146 cm³/mol. The van der Waals surface area contributed by atoms with E-state index in [2.05, 4.69) is 76.1 Å². The molecule has 36 heavy (non-hydrogen) atoms. The van der Waals surface area contributed by atoms with E-state index in [0.717, 1.165) is 47.2 Å². The molecule has 2 saturated carbocycles. The van der Waals surface area contributed by atoms with E-state index in [9.17, 15) is 0 Å². The minimum absolute atomic E-state index is 0.160. The molecule has 2 aliphatic carbocycles. The Morgan fingerprint density at radius 3 is 2.78 bits per heavy atom. The monoisotopic (exact) mass is 485 g/mol. The standard InChI is InChI=1S/C29H39N7/c1-29(2,3)20-6-8-24-25(15-20)35-26(34-24)9-5-18-12-21(13-18)31-16-19-4-7-22(14-19)36-11-10-23-27(30)32-17-33-28(23)36/h6,8,10-11,15,17-19,21-22,31H,4-5,7,9,12-14,16H2,1-3H3,(H,34,35)(H2,30,32,33). The zero-order chi connectivity index (χ0) is 24.9. The molecular weight excluding hydrogens is 446 g/mol. The van der Waals surface area contributed by atoms with Gasteiger partial charge in [0.15, 0.2) is 0 Å². The zero-order valence-corrected chi connectivity index (χ0v) is 21.8. The Morgan fingerprint density at radius 1 is 1.08 bits per heavy atom. The van der Waals surface area contributed by atoms with Gasteiger partial charge in [0.05, 0.1) is 16.4 Å². The van der Waals surface area contributed by atoms with Crippen LogP contribution in [-0.4, -0.2) is 37.1 Å². The van der Waals surface area contributed by atoms with Crippen LogP contribution < -0.4 is 11.1 Å². The van der Waals surface area contributed by atoms with E-state index in [1.165, 1.54) is 49.6 Å². The number of fused-ring (bicyclic) bond motifs is 2. The summed E-state index contributed by atoms with van der Waals surface area (Å²) in [7, 11) is 0. The Kier molecular flexibility index (Phi) is 5.98. The van der Waals surface area contributed by atoms with E-state index in [0.29, 0.717) is 17.9 Å². The number of imidazole rings is 1. The summed E-state index contributed by atoms with van der Waals surface area (Å²) in [5.41, 5.74) is 10.8. The van der Waals surface area contributed by atoms with E-state index in [1.54, 1.807) is 6.33 Å². The van der Waals surface area contributed by atoms with E-state index < -0.39 is 0 Å². The smallest absolute Gasteiger partial charge is 0.145 e. The maximum Gasteiger partial charge on any atom is 0.145 e. The maximum atomic E-state index is 6.02. The predicted octanol–water partition coefficient (Wildman–Crippen LogP) is 5.53. The summed E-state index contributed by atoms with van der Waals surface area (Å²) in [5.74, 6) is 3.26. The van der Waals surface area contributed by atoms with Crippen molar-refractivity contribution in [2.24, 2.45) is 11.8 Å². The van der Waals surface area contributed by atoms with Gasteiger partial charge in [0, 0.05) is 24.7 Å². The molecule has 7 nitrogen and oxygen atoms in total. The van der Waals surface area contributed by atoms with Gasteiger partial charge in [-0.05, 0) is 86.1 Å². The Hall–Kier alpha value is -2.93.